The SMILES string of the molecule is COc1ccc(Cn2c(SCC(=O)O)n[nH]c2=O)cc1. The Morgan fingerprint density at radius 2 is 2.15 bits per heavy atom. The Balaban J connectivity index is 2.17. The van der Waals surface area contributed by atoms with Gasteiger partial charge in [-0.25, -0.2) is 9.89 Å². The Bertz CT molecular complexity index is 647. The topological polar surface area (TPSA) is 97.2 Å². The van der Waals surface area contributed by atoms with Crippen LogP contribution in [0.25, 0.3) is 0 Å². The molecule has 1 aromatic heterocycles. The van der Waals surface area contributed by atoms with Crippen molar-refractivity contribution in [1.29, 1.82) is 0 Å². The van der Waals surface area contributed by atoms with E-state index < -0.39 is 5.97 Å². The lowest BCUT2D eigenvalue weighted by Crippen LogP contribution is -2.18. The molecule has 0 amide bonds. The van der Waals surface area contributed by atoms with E-state index in [9.17, 15) is 9.59 Å². The van der Waals surface area contributed by atoms with Crippen LogP contribution >= 0.6 is 11.8 Å². The standard InChI is InChI=1S/C12H13N3O4S/c1-19-9-4-2-8(3-5-9)6-15-11(18)13-14-12(15)20-7-10(16)17/h2-5H,6-7H2,1H3,(H,13,18)(H,16,17). The molecule has 0 bridgehead atoms. The number of carboxylic acids is 1. The van der Waals surface area contributed by atoms with Crippen LogP contribution in [0.3, 0.4) is 0 Å². The second-order valence-electron chi connectivity index (χ2n) is 3.93. The number of ether oxygens (including phenoxy) is 1. The van der Waals surface area contributed by atoms with E-state index in [1.165, 1.54) is 4.57 Å². The van der Waals surface area contributed by atoms with Gasteiger partial charge in [0.15, 0.2) is 5.16 Å². The third-order valence-corrected chi connectivity index (χ3v) is 3.51. The largest absolute Gasteiger partial charge is 0.497 e. The van der Waals surface area contributed by atoms with Crippen LogP contribution in [0.1, 0.15) is 5.56 Å². The van der Waals surface area contributed by atoms with Gasteiger partial charge in [0.25, 0.3) is 0 Å². The van der Waals surface area contributed by atoms with E-state index in [-0.39, 0.29) is 11.4 Å². The van der Waals surface area contributed by atoms with Gasteiger partial charge in [0, 0.05) is 0 Å². The average Bonchev–Trinajstić information content (AvgIpc) is 2.78. The Labute approximate surface area is 118 Å². The number of aromatic nitrogens is 3. The van der Waals surface area contributed by atoms with Crippen molar-refractivity contribution in [3.8, 4) is 5.75 Å². The van der Waals surface area contributed by atoms with Gasteiger partial charge in [-0.05, 0) is 17.7 Å². The number of carboxylic acid groups (broad SMARTS) is 1. The first-order valence-corrected chi connectivity index (χ1v) is 6.71. The molecule has 2 rings (SSSR count). The number of rotatable bonds is 6. The van der Waals surface area contributed by atoms with Crippen molar-refractivity contribution in [3.05, 3.63) is 40.3 Å². The molecule has 0 atom stereocenters. The van der Waals surface area contributed by atoms with Crippen LogP contribution in [0.4, 0.5) is 0 Å². The van der Waals surface area contributed by atoms with Crippen LogP contribution in [0.5, 0.6) is 5.75 Å². The smallest absolute Gasteiger partial charge is 0.344 e. The Morgan fingerprint density at radius 1 is 1.45 bits per heavy atom. The lowest BCUT2D eigenvalue weighted by atomic mass is 10.2. The minimum atomic E-state index is -0.957. The van der Waals surface area contributed by atoms with Crippen molar-refractivity contribution in [2.45, 2.75) is 11.7 Å². The number of thioether (sulfide) groups is 1. The highest BCUT2D eigenvalue weighted by Gasteiger charge is 2.11. The van der Waals surface area contributed by atoms with Gasteiger partial charge in [-0.15, -0.1) is 5.10 Å². The zero-order valence-electron chi connectivity index (χ0n) is 10.7. The van der Waals surface area contributed by atoms with E-state index in [4.69, 9.17) is 9.84 Å². The predicted molar refractivity (Wildman–Crippen MR) is 73.3 cm³/mol. The summed E-state index contributed by atoms with van der Waals surface area (Å²) in [5.41, 5.74) is 0.528. The van der Waals surface area contributed by atoms with Gasteiger partial charge in [-0.3, -0.25) is 9.36 Å². The van der Waals surface area contributed by atoms with Crippen LogP contribution in [0.2, 0.25) is 0 Å². The number of H-pyrrole nitrogens is 1. The van der Waals surface area contributed by atoms with E-state index >= 15 is 0 Å². The summed E-state index contributed by atoms with van der Waals surface area (Å²) in [6.07, 6.45) is 0. The maximum Gasteiger partial charge on any atom is 0.344 e. The minimum absolute atomic E-state index is 0.146. The number of nitrogens with one attached hydrogen (secondary N) is 1. The summed E-state index contributed by atoms with van der Waals surface area (Å²) in [5.74, 6) is -0.373. The molecule has 0 radical (unpaired) electrons. The summed E-state index contributed by atoms with van der Waals surface area (Å²) < 4.78 is 6.46. The molecule has 0 aliphatic rings. The maximum absolute atomic E-state index is 11.7. The van der Waals surface area contributed by atoms with Crippen molar-refractivity contribution in [2.24, 2.45) is 0 Å². The van der Waals surface area contributed by atoms with Crippen LogP contribution < -0.4 is 10.4 Å². The Morgan fingerprint density at radius 3 is 2.75 bits per heavy atom. The lowest BCUT2D eigenvalue weighted by molar-refractivity contribution is -0.133. The van der Waals surface area contributed by atoms with Crippen molar-refractivity contribution >= 4 is 17.7 Å². The van der Waals surface area contributed by atoms with Gasteiger partial charge in [0.1, 0.15) is 5.75 Å². The summed E-state index contributed by atoms with van der Waals surface area (Å²) >= 11 is 0.999. The van der Waals surface area contributed by atoms with Crippen LogP contribution in [0.15, 0.2) is 34.2 Å². The van der Waals surface area contributed by atoms with Gasteiger partial charge >= 0.3 is 11.7 Å². The molecule has 106 valence electrons. The summed E-state index contributed by atoms with van der Waals surface area (Å²) in [7, 11) is 1.58. The van der Waals surface area contributed by atoms with Gasteiger partial charge in [-0.1, -0.05) is 23.9 Å². The fourth-order valence-electron chi connectivity index (χ4n) is 1.59. The fraction of sp³-hybridized carbons (Fsp3) is 0.250. The molecule has 8 heteroatoms. The predicted octanol–water partition coefficient (Wildman–Crippen LogP) is 0.805. The van der Waals surface area contributed by atoms with Crippen molar-refractivity contribution in [1.82, 2.24) is 14.8 Å². The molecule has 7 nitrogen and oxygen atoms in total. The summed E-state index contributed by atoms with van der Waals surface area (Å²) in [4.78, 5) is 22.2. The molecule has 0 fully saturated rings. The normalized spacial score (nSPS) is 10.4. The van der Waals surface area contributed by atoms with Gasteiger partial charge in [0.05, 0.1) is 19.4 Å². The molecule has 0 aliphatic carbocycles. The van der Waals surface area contributed by atoms with Crippen molar-refractivity contribution in [3.63, 3.8) is 0 Å². The maximum atomic E-state index is 11.7. The van der Waals surface area contributed by atoms with Crippen LogP contribution in [-0.4, -0.2) is 38.7 Å². The summed E-state index contributed by atoms with van der Waals surface area (Å²) in [6.45, 7) is 0.321. The van der Waals surface area contributed by atoms with Gasteiger partial charge < -0.3 is 9.84 Å². The molecule has 0 spiro atoms. The number of carbonyl (C=O) groups is 1. The molecule has 20 heavy (non-hydrogen) atoms. The monoisotopic (exact) mass is 295 g/mol. The number of benzene rings is 1. The fourth-order valence-corrected chi connectivity index (χ4v) is 2.26. The molecule has 2 aromatic rings. The highest BCUT2D eigenvalue weighted by molar-refractivity contribution is 7.99. The van der Waals surface area contributed by atoms with E-state index in [1.807, 2.05) is 12.1 Å². The molecular weight excluding hydrogens is 282 g/mol. The number of aromatic amines is 1. The van der Waals surface area contributed by atoms with Crippen molar-refractivity contribution in [2.75, 3.05) is 12.9 Å². The zero-order valence-corrected chi connectivity index (χ0v) is 11.5. The van der Waals surface area contributed by atoms with Crippen LogP contribution in [-0.2, 0) is 11.3 Å². The average molecular weight is 295 g/mol. The third kappa shape index (κ3) is 3.41. The highest BCUT2D eigenvalue weighted by Crippen LogP contribution is 2.16. The lowest BCUT2D eigenvalue weighted by Gasteiger charge is -2.06. The van der Waals surface area contributed by atoms with Crippen molar-refractivity contribution < 1.29 is 14.6 Å². The first kappa shape index (κ1) is 14.2. The van der Waals surface area contributed by atoms with E-state index in [0.29, 0.717) is 11.7 Å². The van der Waals surface area contributed by atoms with E-state index in [0.717, 1.165) is 23.1 Å². The van der Waals surface area contributed by atoms with Crippen LogP contribution in [0, 0.1) is 0 Å². The number of aliphatic carboxylic acids is 1. The number of methoxy groups -OCH3 is 1. The highest BCUT2D eigenvalue weighted by atomic mass is 32.2. The first-order chi connectivity index (χ1) is 9.60. The van der Waals surface area contributed by atoms with Gasteiger partial charge in [-0.2, -0.15) is 0 Å². The number of hydrogen-bond acceptors (Lipinski definition) is 5. The molecule has 0 saturated heterocycles. The minimum Gasteiger partial charge on any atom is -0.497 e. The quantitative estimate of drug-likeness (QED) is 0.765. The molecule has 1 heterocycles. The first-order valence-electron chi connectivity index (χ1n) is 5.73. The second kappa shape index (κ2) is 6.29. The van der Waals surface area contributed by atoms with E-state index in [1.54, 1.807) is 19.2 Å². The van der Waals surface area contributed by atoms with Gasteiger partial charge in [0.2, 0.25) is 0 Å². The molecule has 0 unspecified atom stereocenters. The number of hydrogen-bond donors (Lipinski definition) is 2. The molecule has 0 saturated carbocycles. The zero-order chi connectivity index (χ0) is 14.5. The molecule has 2 N–H and O–H groups in total. The Hall–Kier alpha value is -2.22. The summed E-state index contributed by atoms with van der Waals surface area (Å²) in [5, 5.41) is 15.2. The Kier molecular flexibility index (Phi) is 4.46. The number of nitrogens with zero attached hydrogens (tertiary/aromatic N) is 2. The molecule has 0 aliphatic heterocycles. The summed E-state index contributed by atoms with van der Waals surface area (Å²) in [6, 6.07) is 7.27. The third-order valence-electron chi connectivity index (χ3n) is 2.55. The molecule has 1 aromatic carbocycles. The second-order valence-corrected chi connectivity index (χ2v) is 4.87. The van der Waals surface area contributed by atoms with E-state index in [2.05, 4.69) is 10.2 Å². The molecular formula is C12H13N3O4S.